The maximum absolute atomic E-state index is 11.2. The van der Waals surface area contributed by atoms with Gasteiger partial charge in [0.05, 0.1) is 0 Å². The molecule has 4 nitrogen and oxygen atoms in total. The molecule has 2 N–H and O–H groups in total. The highest BCUT2D eigenvalue weighted by Gasteiger charge is 2.12. The van der Waals surface area contributed by atoms with E-state index in [1.165, 1.54) is 19.3 Å². The summed E-state index contributed by atoms with van der Waals surface area (Å²) in [4.78, 5) is 11.2. The highest BCUT2D eigenvalue weighted by molar-refractivity contribution is 5.73. The van der Waals surface area contributed by atoms with Gasteiger partial charge in [-0.15, -0.1) is 0 Å². The van der Waals surface area contributed by atoms with E-state index in [0.29, 0.717) is 0 Å². The van der Waals surface area contributed by atoms with Crippen LogP contribution in [0.4, 0.5) is 4.79 Å². The number of ether oxygens (including phenoxy) is 1. The molecular weight excluding hydrogens is 204 g/mol. The van der Waals surface area contributed by atoms with E-state index >= 15 is 0 Å². The van der Waals surface area contributed by atoms with Crippen LogP contribution in [-0.2, 0) is 4.74 Å². The third-order valence-electron chi connectivity index (χ3n) is 2.95. The molecule has 1 aliphatic heterocycles. The van der Waals surface area contributed by atoms with E-state index in [4.69, 9.17) is 4.74 Å². The molecular formula is C12H24N2O2. The molecule has 0 aromatic carbocycles. The standard InChI is InChI=1S/C12H24N2O2/c1-2-7-13-12(15)14-8-3-4-11-5-9-16-10-6-11/h11H,2-10H2,1H3,(H2,13,14,15). The second-order valence-corrected chi connectivity index (χ2v) is 4.38. The second kappa shape index (κ2) is 8.39. The summed E-state index contributed by atoms with van der Waals surface area (Å²) in [6.07, 6.45) is 5.63. The van der Waals surface area contributed by atoms with Gasteiger partial charge in [0.1, 0.15) is 0 Å². The molecule has 0 aromatic rings. The first-order valence-electron chi connectivity index (χ1n) is 6.42. The molecule has 0 saturated carbocycles. The Bertz CT molecular complexity index is 191. The van der Waals surface area contributed by atoms with Gasteiger partial charge in [-0.05, 0) is 38.0 Å². The van der Waals surface area contributed by atoms with E-state index in [1.54, 1.807) is 0 Å². The largest absolute Gasteiger partial charge is 0.381 e. The quantitative estimate of drug-likeness (QED) is 0.682. The molecule has 94 valence electrons. The third kappa shape index (κ3) is 5.95. The smallest absolute Gasteiger partial charge is 0.314 e. The van der Waals surface area contributed by atoms with Crippen LogP contribution in [0.15, 0.2) is 0 Å². The molecule has 0 atom stereocenters. The van der Waals surface area contributed by atoms with E-state index < -0.39 is 0 Å². The molecule has 1 rings (SSSR count). The average Bonchev–Trinajstić information content (AvgIpc) is 2.33. The molecule has 0 spiro atoms. The molecule has 16 heavy (non-hydrogen) atoms. The van der Waals surface area contributed by atoms with Crippen molar-refractivity contribution in [1.82, 2.24) is 10.6 Å². The molecule has 0 bridgehead atoms. The maximum atomic E-state index is 11.2. The van der Waals surface area contributed by atoms with Crippen molar-refractivity contribution in [2.24, 2.45) is 5.92 Å². The van der Waals surface area contributed by atoms with Gasteiger partial charge in [-0.2, -0.15) is 0 Å². The monoisotopic (exact) mass is 228 g/mol. The van der Waals surface area contributed by atoms with E-state index in [-0.39, 0.29) is 6.03 Å². The Labute approximate surface area is 98.1 Å². The molecule has 2 amide bonds. The van der Waals surface area contributed by atoms with Crippen LogP contribution in [0.1, 0.15) is 39.0 Å². The molecule has 0 aliphatic carbocycles. The highest BCUT2D eigenvalue weighted by atomic mass is 16.5. The maximum Gasteiger partial charge on any atom is 0.314 e. The molecule has 4 heteroatoms. The summed E-state index contributed by atoms with van der Waals surface area (Å²) in [5.74, 6) is 0.800. The molecule has 0 aromatic heterocycles. The minimum absolute atomic E-state index is 0.0335. The van der Waals surface area contributed by atoms with Crippen molar-refractivity contribution in [2.75, 3.05) is 26.3 Å². The van der Waals surface area contributed by atoms with Crippen LogP contribution in [0.25, 0.3) is 0 Å². The van der Waals surface area contributed by atoms with Crippen molar-refractivity contribution in [2.45, 2.75) is 39.0 Å². The van der Waals surface area contributed by atoms with Crippen LogP contribution in [-0.4, -0.2) is 32.3 Å². The van der Waals surface area contributed by atoms with Crippen LogP contribution >= 0.6 is 0 Å². The van der Waals surface area contributed by atoms with Gasteiger partial charge in [0.15, 0.2) is 0 Å². The number of amides is 2. The summed E-state index contributed by atoms with van der Waals surface area (Å²) in [6, 6.07) is -0.0335. The van der Waals surface area contributed by atoms with Crippen molar-refractivity contribution >= 4 is 6.03 Å². The number of urea groups is 1. The van der Waals surface area contributed by atoms with Crippen LogP contribution in [0.5, 0.6) is 0 Å². The number of hydrogen-bond donors (Lipinski definition) is 2. The lowest BCUT2D eigenvalue weighted by molar-refractivity contribution is 0.0634. The number of hydrogen-bond acceptors (Lipinski definition) is 2. The lowest BCUT2D eigenvalue weighted by atomic mass is 9.95. The van der Waals surface area contributed by atoms with Gasteiger partial charge >= 0.3 is 6.03 Å². The first-order valence-corrected chi connectivity index (χ1v) is 6.42. The zero-order valence-electron chi connectivity index (χ0n) is 10.3. The first-order chi connectivity index (χ1) is 7.83. The Kier molecular flexibility index (Phi) is 6.97. The van der Waals surface area contributed by atoms with Crippen LogP contribution in [0.3, 0.4) is 0 Å². The Hall–Kier alpha value is -0.770. The summed E-state index contributed by atoms with van der Waals surface area (Å²) >= 11 is 0. The van der Waals surface area contributed by atoms with E-state index in [2.05, 4.69) is 10.6 Å². The molecule has 0 unspecified atom stereocenters. The SMILES string of the molecule is CCCNC(=O)NCCCC1CCOCC1. The molecule has 1 aliphatic rings. The lowest BCUT2D eigenvalue weighted by Crippen LogP contribution is -2.36. The summed E-state index contributed by atoms with van der Waals surface area (Å²) in [5, 5.41) is 5.68. The van der Waals surface area contributed by atoms with Crippen LogP contribution in [0, 0.1) is 5.92 Å². The summed E-state index contributed by atoms with van der Waals surface area (Å²) in [7, 11) is 0. The topological polar surface area (TPSA) is 50.4 Å². The molecule has 0 radical (unpaired) electrons. The average molecular weight is 228 g/mol. The van der Waals surface area contributed by atoms with Crippen LogP contribution in [0.2, 0.25) is 0 Å². The van der Waals surface area contributed by atoms with Crippen LogP contribution < -0.4 is 10.6 Å². The summed E-state index contributed by atoms with van der Waals surface area (Å²) in [5.41, 5.74) is 0. The van der Waals surface area contributed by atoms with E-state index in [0.717, 1.165) is 45.1 Å². The van der Waals surface area contributed by atoms with Crippen molar-refractivity contribution in [3.8, 4) is 0 Å². The normalized spacial score (nSPS) is 17.1. The van der Waals surface area contributed by atoms with Gasteiger partial charge < -0.3 is 15.4 Å². The van der Waals surface area contributed by atoms with Crippen molar-refractivity contribution in [3.05, 3.63) is 0 Å². The fourth-order valence-electron chi connectivity index (χ4n) is 1.93. The molecule has 1 heterocycles. The third-order valence-corrected chi connectivity index (χ3v) is 2.95. The number of carbonyl (C=O) groups excluding carboxylic acids is 1. The molecule has 1 saturated heterocycles. The number of nitrogens with one attached hydrogen (secondary N) is 2. The van der Waals surface area contributed by atoms with Crippen molar-refractivity contribution < 1.29 is 9.53 Å². The zero-order valence-corrected chi connectivity index (χ0v) is 10.3. The van der Waals surface area contributed by atoms with Crippen molar-refractivity contribution in [3.63, 3.8) is 0 Å². The Morgan fingerprint density at radius 2 is 1.94 bits per heavy atom. The predicted octanol–water partition coefficient (Wildman–Crippen LogP) is 1.90. The Balaban J connectivity index is 1.92. The van der Waals surface area contributed by atoms with Gasteiger partial charge in [0.25, 0.3) is 0 Å². The van der Waals surface area contributed by atoms with Gasteiger partial charge in [0.2, 0.25) is 0 Å². The minimum atomic E-state index is -0.0335. The first kappa shape index (κ1) is 13.3. The summed E-state index contributed by atoms with van der Waals surface area (Å²) < 4.78 is 5.31. The highest BCUT2D eigenvalue weighted by Crippen LogP contribution is 2.19. The number of rotatable bonds is 6. The van der Waals surface area contributed by atoms with E-state index in [9.17, 15) is 4.79 Å². The minimum Gasteiger partial charge on any atom is -0.381 e. The fourth-order valence-corrected chi connectivity index (χ4v) is 1.93. The predicted molar refractivity (Wildman–Crippen MR) is 64.5 cm³/mol. The second-order valence-electron chi connectivity index (χ2n) is 4.38. The molecule has 1 fully saturated rings. The van der Waals surface area contributed by atoms with Gasteiger partial charge in [-0.1, -0.05) is 6.92 Å². The Morgan fingerprint density at radius 1 is 1.25 bits per heavy atom. The van der Waals surface area contributed by atoms with Gasteiger partial charge in [-0.25, -0.2) is 4.79 Å². The van der Waals surface area contributed by atoms with Gasteiger partial charge in [0, 0.05) is 26.3 Å². The Morgan fingerprint density at radius 3 is 2.62 bits per heavy atom. The summed E-state index contributed by atoms with van der Waals surface area (Å²) in [6.45, 7) is 5.41. The van der Waals surface area contributed by atoms with Gasteiger partial charge in [-0.3, -0.25) is 0 Å². The zero-order chi connectivity index (χ0) is 11.6. The fraction of sp³-hybridized carbons (Fsp3) is 0.917. The van der Waals surface area contributed by atoms with Crippen molar-refractivity contribution in [1.29, 1.82) is 0 Å². The van der Waals surface area contributed by atoms with E-state index in [1.807, 2.05) is 6.92 Å². The number of carbonyl (C=O) groups is 1. The lowest BCUT2D eigenvalue weighted by Gasteiger charge is -2.21.